The lowest BCUT2D eigenvalue weighted by atomic mass is 10.2. The molecule has 1 aromatic rings. The highest BCUT2D eigenvalue weighted by atomic mass is 19.1. The minimum atomic E-state index is -0.359. The van der Waals surface area contributed by atoms with Gasteiger partial charge in [0.25, 0.3) is 5.91 Å². The first-order valence-corrected chi connectivity index (χ1v) is 9.51. The first-order valence-electron chi connectivity index (χ1n) is 9.51. The van der Waals surface area contributed by atoms with Gasteiger partial charge >= 0.3 is 6.03 Å². The highest BCUT2D eigenvalue weighted by Gasteiger charge is 2.23. The van der Waals surface area contributed by atoms with Crippen LogP contribution in [0.25, 0.3) is 0 Å². The molecule has 1 N–H and O–H groups in total. The van der Waals surface area contributed by atoms with E-state index in [-0.39, 0.29) is 17.8 Å². The average Bonchev–Trinajstić information content (AvgIpc) is 2.95. The molecule has 0 radical (unpaired) electrons. The number of urea groups is 1. The zero-order valence-electron chi connectivity index (χ0n) is 15.5. The van der Waals surface area contributed by atoms with Crippen molar-refractivity contribution in [1.82, 2.24) is 20.0 Å². The number of halogens is 1. The monoisotopic (exact) mass is 378 g/mol. The molecule has 0 bridgehead atoms. The fourth-order valence-electron chi connectivity index (χ4n) is 3.36. The molecule has 2 aliphatic rings. The molecule has 0 aliphatic carbocycles. The maximum atomic E-state index is 13.0. The third-order valence-corrected chi connectivity index (χ3v) is 4.97. The lowest BCUT2D eigenvalue weighted by Gasteiger charge is -2.27. The molecule has 2 heterocycles. The van der Waals surface area contributed by atoms with Crippen molar-refractivity contribution >= 4 is 11.9 Å². The standard InChI is InChI=1S/C19H27FN4O3/c20-17-4-2-16(3-5-17)18(25)23-7-1-8-24(11-10-23)19(26)21-6-9-22-12-14-27-15-13-22/h2-5H,1,6-15H2,(H,21,26). The van der Waals surface area contributed by atoms with Crippen molar-refractivity contribution in [2.45, 2.75) is 6.42 Å². The molecule has 0 atom stereocenters. The molecule has 27 heavy (non-hydrogen) atoms. The smallest absolute Gasteiger partial charge is 0.317 e. The summed E-state index contributed by atoms with van der Waals surface area (Å²) in [6.45, 7) is 6.91. The first-order chi connectivity index (χ1) is 13.1. The molecule has 0 aromatic heterocycles. The van der Waals surface area contributed by atoms with Gasteiger partial charge in [-0.1, -0.05) is 0 Å². The van der Waals surface area contributed by atoms with Crippen LogP contribution in [0.5, 0.6) is 0 Å². The maximum Gasteiger partial charge on any atom is 0.317 e. The van der Waals surface area contributed by atoms with Gasteiger partial charge in [-0.25, -0.2) is 9.18 Å². The van der Waals surface area contributed by atoms with E-state index in [0.29, 0.717) is 38.3 Å². The van der Waals surface area contributed by atoms with E-state index < -0.39 is 0 Å². The van der Waals surface area contributed by atoms with Gasteiger partial charge in [-0.3, -0.25) is 9.69 Å². The molecule has 0 unspecified atom stereocenters. The maximum absolute atomic E-state index is 13.0. The van der Waals surface area contributed by atoms with E-state index in [1.807, 2.05) is 0 Å². The Hall–Kier alpha value is -2.19. The van der Waals surface area contributed by atoms with Crippen LogP contribution in [0.1, 0.15) is 16.8 Å². The lowest BCUT2D eigenvalue weighted by molar-refractivity contribution is 0.0386. The Bertz CT molecular complexity index is 634. The van der Waals surface area contributed by atoms with E-state index in [4.69, 9.17) is 4.74 Å². The van der Waals surface area contributed by atoms with E-state index >= 15 is 0 Å². The van der Waals surface area contributed by atoms with Gasteiger partial charge in [0.05, 0.1) is 13.2 Å². The molecule has 1 aromatic carbocycles. The summed E-state index contributed by atoms with van der Waals surface area (Å²) in [5.41, 5.74) is 0.472. The second-order valence-electron chi connectivity index (χ2n) is 6.83. The molecule has 2 fully saturated rings. The number of amides is 3. The minimum absolute atomic E-state index is 0.0839. The number of ether oxygens (including phenoxy) is 1. The van der Waals surface area contributed by atoms with Crippen LogP contribution in [0.2, 0.25) is 0 Å². The molecular weight excluding hydrogens is 351 g/mol. The normalized spacial score (nSPS) is 18.9. The summed E-state index contributed by atoms with van der Waals surface area (Å²) in [7, 11) is 0. The van der Waals surface area contributed by atoms with Crippen LogP contribution in [0, 0.1) is 5.82 Å². The number of hydrogen-bond acceptors (Lipinski definition) is 4. The number of rotatable bonds is 4. The van der Waals surface area contributed by atoms with Crippen molar-refractivity contribution in [2.75, 3.05) is 65.6 Å². The Labute approximate surface area is 159 Å². The Morgan fingerprint density at radius 3 is 2.37 bits per heavy atom. The van der Waals surface area contributed by atoms with Crippen molar-refractivity contribution in [2.24, 2.45) is 0 Å². The number of morpholine rings is 1. The summed E-state index contributed by atoms with van der Waals surface area (Å²) in [5, 5.41) is 2.97. The van der Waals surface area contributed by atoms with E-state index in [1.54, 1.807) is 9.80 Å². The minimum Gasteiger partial charge on any atom is -0.379 e. The quantitative estimate of drug-likeness (QED) is 0.850. The van der Waals surface area contributed by atoms with Gasteiger partial charge in [0, 0.05) is 57.9 Å². The molecular formula is C19H27FN4O3. The lowest BCUT2D eigenvalue weighted by Crippen LogP contribution is -2.46. The van der Waals surface area contributed by atoms with Crippen LogP contribution >= 0.6 is 0 Å². The average molecular weight is 378 g/mol. The third-order valence-electron chi connectivity index (χ3n) is 4.97. The topological polar surface area (TPSA) is 65.1 Å². The Morgan fingerprint density at radius 2 is 1.63 bits per heavy atom. The Kier molecular flexibility index (Phi) is 7.00. The van der Waals surface area contributed by atoms with Gasteiger partial charge in [0.2, 0.25) is 0 Å². The highest BCUT2D eigenvalue weighted by Crippen LogP contribution is 2.10. The zero-order chi connectivity index (χ0) is 19.1. The van der Waals surface area contributed by atoms with E-state index in [0.717, 1.165) is 39.3 Å². The molecule has 3 amide bonds. The van der Waals surface area contributed by atoms with Gasteiger partial charge in [-0.05, 0) is 30.7 Å². The van der Waals surface area contributed by atoms with E-state index in [1.165, 1.54) is 24.3 Å². The molecule has 2 aliphatic heterocycles. The van der Waals surface area contributed by atoms with Gasteiger partial charge < -0.3 is 19.9 Å². The molecule has 0 spiro atoms. The van der Waals surface area contributed by atoms with Crippen LogP contribution in [-0.2, 0) is 4.74 Å². The molecule has 2 saturated heterocycles. The molecule has 0 saturated carbocycles. The van der Waals surface area contributed by atoms with Gasteiger partial charge in [-0.15, -0.1) is 0 Å². The van der Waals surface area contributed by atoms with Crippen molar-refractivity contribution in [3.05, 3.63) is 35.6 Å². The third kappa shape index (κ3) is 5.64. The van der Waals surface area contributed by atoms with Crippen LogP contribution in [0.15, 0.2) is 24.3 Å². The van der Waals surface area contributed by atoms with Crippen LogP contribution in [-0.4, -0.2) is 92.2 Å². The fourth-order valence-corrected chi connectivity index (χ4v) is 3.36. The molecule has 148 valence electrons. The predicted octanol–water partition coefficient (Wildman–Crippen LogP) is 1.02. The second kappa shape index (κ2) is 9.66. The Morgan fingerprint density at radius 1 is 0.963 bits per heavy atom. The number of carbonyl (C=O) groups is 2. The largest absolute Gasteiger partial charge is 0.379 e. The second-order valence-corrected chi connectivity index (χ2v) is 6.83. The number of nitrogens with one attached hydrogen (secondary N) is 1. The van der Waals surface area contributed by atoms with Crippen LogP contribution < -0.4 is 5.32 Å². The summed E-state index contributed by atoms with van der Waals surface area (Å²) >= 11 is 0. The number of carbonyl (C=O) groups excluding carboxylic acids is 2. The van der Waals surface area contributed by atoms with Gasteiger partial charge in [0.1, 0.15) is 5.82 Å². The van der Waals surface area contributed by atoms with E-state index in [2.05, 4.69) is 10.2 Å². The first kappa shape index (κ1) is 19.6. The summed E-state index contributed by atoms with van der Waals surface area (Å²) in [6.07, 6.45) is 0.726. The van der Waals surface area contributed by atoms with Crippen molar-refractivity contribution < 1.29 is 18.7 Å². The number of nitrogens with zero attached hydrogens (tertiary/aromatic N) is 3. The Balaban J connectivity index is 1.43. The van der Waals surface area contributed by atoms with Crippen molar-refractivity contribution in [3.8, 4) is 0 Å². The van der Waals surface area contributed by atoms with Crippen LogP contribution in [0.3, 0.4) is 0 Å². The highest BCUT2D eigenvalue weighted by molar-refractivity contribution is 5.94. The van der Waals surface area contributed by atoms with Crippen LogP contribution in [0.4, 0.5) is 9.18 Å². The summed E-state index contributed by atoms with van der Waals surface area (Å²) in [5.74, 6) is -0.480. The van der Waals surface area contributed by atoms with E-state index in [9.17, 15) is 14.0 Å². The zero-order valence-corrected chi connectivity index (χ0v) is 15.5. The summed E-state index contributed by atoms with van der Waals surface area (Å²) in [4.78, 5) is 30.7. The SMILES string of the molecule is O=C(NCCN1CCOCC1)N1CCCN(C(=O)c2ccc(F)cc2)CC1. The number of hydrogen-bond donors (Lipinski definition) is 1. The van der Waals surface area contributed by atoms with Crippen molar-refractivity contribution in [3.63, 3.8) is 0 Å². The fraction of sp³-hybridized carbons (Fsp3) is 0.579. The molecule has 7 nitrogen and oxygen atoms in total. The summed E-state index contributed by atoms with van der Waals surface area (Å²) < 4.78 is 18.3. The van der Waals surface area contributed by atoms with Crippen molar-refractivity contribution in [1.29, 1.82) is 0 Å². The summed E-state index contributed by atoms with van der Waals surface area (Å²) in [6, 6.07) is 5.50. The van der Waals surface area contributed by atoms with Gasteiger partial charge in [-0.2, -0.15) is 0 Å². The number of benzene rings is 1. The van der Waals surface area contributed by atoms with Gasteiger partial charge in [0.15, 0.2) is 0 Å². The molecule has 3 rings (SSSR count). The predicted molar refractivity (Wildman–Crippen MR) is 99.2 cm³/mol. The molecule has 8 heteroatoms.